The van der Waals surface area contributed by atoms with Crippen LogP contribution in [0.15, 0.2) is 0 Å². The van der Waals surface area contributed by atoms with E-state index >= 15 is 0 Å². The number of hydrogen-bond donors (Lipinski definition) is 3. The molecule has 0 heterocycles. The van der Waals surface area contributed by atoms with Gasteiger partial charge in [-0.1, -0.05) is 20.8 Å². The van der Waals surface area contributed by atoms with Gasteiger partial charge >= 0.3 is 0 Å². The molecule has 0 saturated heterocycles. The van der Waals surface area contributed by atoms with Crippen LogP contribution in [0, 0.1) is 29.1 Å². The summed E-state index contributed by atoms with van der Waals surface area (Å²) in [5, 5.41) is 9.47. The molecule has 3 N–H and O–H groups in total. The van der Waals surface area contributed by atoms with E-state index in [1.807, 2.05) is 13.8 Å². The van der Waals surface area contributed by atoms with Crippen LogP contribution in [0.1, 0.15) is 66.2 Å². The van der Waals surface area contributed by atoms with E-state index in [0.29, 0.717) is 6.54 Å². The second-order valence-corrected chi connectivity index (χ2v) is 9.60. The van der Waals surface area contributed by atoms with E-state index in [4.69, 9.17) is 0 Å². The molecule has 0 spiro atoms. The SMILES string of the molecule is CCN[C@H](C)CNC(=O)C(NC(=O)C12CC3CC(CC(C3)C1)C2)C(C)C. The van der Waals surface area contributed by atoms with Gasteiger partial charge < -0.3 is 16.0 Å². The molecule has 0 aliphatic heterocycles. The van der Waals surface area contributed by atoms with Crippen LogP contribution in [0.3, 0.4) is 0 Å². The fourth-order valence-corrected chi connectivity index (χ4v) is 6.00. The van der Waals surface area contributed by atoms with Crippen molar-refractivity contribution >= 4 is 11.8 Å². The summed E-state index contributed by atoms with van der Waals surface area (Å²) in [7, 11) is 0. The van der Waals surface area contributed by atoms with E-state index in [0.717, 1.165) is 43.6 Å². The van der Waals surface area contributed by atoms with Gasteiger partial charge in [0.15, 0.2) is 0 Å². The molecule has 4 rings (SSSR count). The second kappa shape index (κ2) is 7.87. The van der Waals surface area contributed by atoms with Gasteiger partial charge in [0.1, 0.15) is 6.04 Å². The zero-order valence-electron chi connectivity index (χ0n) is 16.9. The highest BCUT2D eigenvalue weighted by atomic mass is 16.2. The third-order valence-corrected chi connectivity index (χ3v) is 6.89. The van der Waals surface area contributed by atoms with Crippen molar-refractivity contribution in [2.75, 3.05) is 13.1 Å². The van der Waals surface area contributed by atoms with Gasteiger partial charge in [-0.15, -0.1) is 0 Å². The first kappa shape index (κ1) is 19.7. The Morgan fingerprint density at radius 3 is 2.00 bits per heavy atom. The Hall–Kier alpha value is -1.10. The number of nitrogens with one attached hydrogen (secondary N) is 3. The normalized spacial score (nSPS) is 34.6. The molecule has 0 radical (unpaired) electrons. The molecular weight excluding hydrogens is 326 g/mol. The van der Waals surface area contributed by atoms with Gasteiger partial charge in [-0.2, -0.15) is 0 Å². The minimum atomic E-state index is -0.440. The molecule has 2 atom stereocenters. The lowest BCUT2D eigenvalue weighted by atomic mass is 9.49. The molecule has 4 saturated carbocycles. The van der Waals surface area contributed by atoms with E-state index in [9.17, 15) is 9.59 Å². The lowest BCUT2D eigenvalue weighted by Crippen LogP contribution is -2.58. The maximum atomic E-state index is 13.3. The van der Waals surface area contributed by atoms with E-state index < -0.39 is 6.04 Å². The van der Waals surface area contributed by atoms with Gasteiger partial charge in [-0.3, -0.25) is 9.59 Å². The quantitative estimate of drug-likeness (QED) is 0.620. The van der Waals surface area contributed by atoms with Crippen molar-refractivity contribution in [1.29, 1.82) is 0 Å². The Kier molecular flexibility index (Phi) is 5.95. The second-order valence-electron chi connectivity index (χ2n) is 9.60. The van der Waals surface area contributed by atoms with Crippen LogP contribution in [-0.4, -0.2) is 37.0 Å². The van der Waals surface area contributed by atoms with Crippen molar-refractivity contribution in [3.05, 3.63) is 0 Å². The summed E-state index contributed by atoms with van der Waals surface area (Å²) in [5.41, 5.74) is -0.195. The number of likely N-dealkylation sites (N-methyl/N-ethyl adjacent to an activating group) is 1. The van der Waals surface area contributed by atoms with Crippen LogP contribution >= 0.6 is 0 Å². The van der Waals surface area contributed by atoms with Crippen LogP contribution in [0.25, 0.3) is 0 Å². The van der Waals surface area contributed by atoms with Crippen LogP contribution in [-0.2, 0) is 9.59 Å². The molecule has 5 heteroatoms. The number of carbonyl (C=O) groups is 2. The topological polar surface area (TPSA) is 70.2 Å². The van der Waals surface area contributed by atoms with Gasteiger partial charge in [0.05, 0.1) is 0 Å². The van der Waals surface area contributed by atoms with E-state index in [2.05, 4.69) is 29.8 Å². The molecule has 0 aromatic rings. The van der Waals surface area contributed by atoms with E-state index in [1.165, 1.54) is 19.3 Å². The highest BCUT2D eigenvalue weighted by molar-refractivity contribution is 5.90. The van der Waals surface area contributed by atoms with E-state index in [-0.39, 0.29) is 29.2 Å². The van der Waals surface area contributed by atoms with Crippen molar-refractivity contribution in [3.63, 3.8) is 0 Å². The summed E-state index contributed by atoms with van der Waals surface area (Å²) in [4.78, 5) is 26.0. The van der Waals surface area contributed by atoms with Gasteiger partial charge in [0, 0.05) is 18.0 Å². The third kappa shape index (κ3) is 4.08. The number of amides is 2. The Labute approximate surface area is 158 Å². The first-order valence-corrected chi connectivity index (χ1v) is 10.6. The smallest absolute Gasteiger partial charge is 0.242 e. The first-order chi connectivity index (χ1) is 12.3. The van der Waals surface area contributed by atoms with Crippen molar-refractivity contribution in [2.45, 2.75) is 78.3 Å². The lowest BCUT2D eigenvalue weighted by Gasteiger charge is -2.55. The molecule has 5 nitrogen and oxygen atoms in total. The molecule has 4 aliphatic rings. The molecule has 0 aromatic carbocycles. The van der Waals surface area contributed by atoms with Crippen molar-refractivity contribution in [3.8, 4) is 0 Å². The van der Waals surface area contributed by atoms with Crippen LogP contribution in [0.5, 0.6) is 0 Å². The highest BCUT2D eigenvalue weighted by Gasteiger charge is 2.55. The molecule has 4 bridgehead atoms. The first-order valence-electron chi connectivity index (χ1n) is 10.6. The largest absolute Gasteiger partial charge is 0.353 e. The predicted octanol–water partition coefficient (Wildman–Crippen LogP) is 2.46. The van der Waals surface area contributed by atoms with E-state index in [1.54, 1.807) is 0 Å². The molecule has 26 heavy (non-hydrogen) atoms. The van der Waals surface area contributed by atoms with Gasteiger partial charge in [-0.05, 0) is 75.7 Å². The molecule has 1 unspecified atom stereocenters. The van der Waals surface area contributed by atoms with Gasteiger partial charge in [-0.25, -0.2) is 0 Å². The van der Waals surface area contributed by atoms with Crippen LogP contribution in [0.4, 0.5) is 0 Å². The zero-order valence-corrected chi connectivity index (χ0v) is 16.9. The monoisotopic (exact) mass is 363 g/mol. The molecule has 2 amide bonds. The average molecular weight is 364 g/mol. The van der Waals surface area contributed by atoms with Gasteiger partial charge in [0.2, 0.25) is 11.8 Å². The minimum absolute atomic E-state index is 0.0529. The van der Waals surface area contributed by atoms with Crippen LogP contribution in [0.2, 0.25) is 0 Å². The third-order valence-electron chi connectivity index (χ3n) is 6.89. The molecule has 4 fully saturated rings. The average Bonchev–Trinajstić information content (AvgIpc) is 2.56. The Morgan fingerprint density at radius 1 is 1.00 bits per heavy atom. The molecule has 148 valence electrons. The molecule has 0 aromatic heterocycles. The summed E-state index contributed by atoms with van der Waals surface area (Å²) in [6.45, 7) is 9.61. The maximum absolute atomic E-state index is 13.3. The molecule has 4 aliphatic carbocycles. The summed E-state index contributed by atoms with van der Waals surface area (Å²) in [5.74, 6) is 2.38. The summed E-state index contributed by atoms with van der Waals surface area (Å²) >= 11 is 0. The Balaban J connectivity index is 1.61. The molecular formula is C21H37N3O2. The summed E-state index contributed by atoms with van der Waals surface area (Å²) in [6, 6.07) is -0.208. The Morgan fingerprint density at radius 2 is 1.54 bits per heavy atom. The maximum Gasteiger partial charge on any atom is 0.242 e. The number of carbonyl (C=O) groups excluding carboxylic acids is 2. The fraction of sp³-hybridized carbons (Fsp3) is 0.905. The number of hydrogen-bond acceptors (Lipinski definition) is 3. The fourth-order valence-electron chi connectivity index (χ4n) is 6.00. The Bertz CT molecular complexity index is 496. The summed E-state index contributed by atoms with van der Waals surface area (Å²) in [6.07, 6.45) is 7.08. The van der Waals surface area contributed by atoms with Crippen molar-refractivity contribution in [2.24, 2.45) is 29.1 Å². The predicted molar refractivity (Wildman–Crippen MR) is 104 cm³/mol. The van der Waals surface area contributed by atoms with Crippen molar-refractivity contribution < 1.29 is 9.59 Å². The standard InChI is InChI=1S/C21H37N3O2/c1-5-22-14(4)12-23-19(25)18(13(2)3)24-20(26)21-9-15-6-16(10-21)8-17(7-15)11-21/h13-18,22H,5-12H2,1-4H3,(H,23,25)(H,24,26)/t14-,15?,16?,17?,18?,21?/m1/s1. The number of rotatable bonds is 8. The summed E-state index contributed by atoms with van der Waals surface area (Å²) < 4.78 is 0. The zero-order chi connectivity index (χ0) is 18.9. The van der Waals surface area contributed by atoms with Crippen molar-refractivity contribution in [1.82, 2.24) is 16.0 Å². The minimum Gasteiger partial charge on any atom is -0.353 e. The van der Waals surface area contributed by atoms with Gasteiger partial charge in [0.25, 0.3) is 0 Å². The lowest BCUT2D eigenvalue weighted by molar-refractivity contribution is -0.149. The van der Waals surface area contributed by atoms with Crippen LogP contribution < -0.4 is 16.0 Å². The highest BCUT2D eigenvalue weighted by Crippen LogP contribution is 2.60.